The van der Waals surface area contributed by atoms with Crippen molar-refractivity contribution in [2.45, 2.75) is 20.4 Å². The molecule has 0 unspecified atom stereocenters. The molecule has 0 saturated carbocycles. The van der Waals surface area contributed by atoms with Gasteiger partial charge in [0, 0.05) is 22.3 Å². The standard InChI is InChI=1S/C19H18BrN3O3/c1-11-7-13(3-4-14(11)20)22-19(24)10-23-12(2)21-15-8-17-18(9-16(15)23)26-6-5-25-17/h3-4,7-9H,5-6,10H2,1-2H3,(H,22,24). The van der Waals surface area contributed by atoms with Crippen molar-refractivity contribution in [1.29, 1.82) is 0 Å². The second-order valence-electron chi connectivity index (χ2n) is 6.24. The van der Waals surface area contributed by atoms with E-state index >= 15 is 0 Å². The number of rotatable bonds is 3. The van der Waals surface area contributed by atoms with Gasteiger partial charge in [-0.1, -0.05) is 15.9 Å². The van der Waals surface area contributed by atoms with Crippen LogP contribution in [-0.4, -0.2) is 28.7 Å². The van der Waals surface area contributed by atoms with Crippen molar-refractivity contribution in [2.24, 2.45) is 0 Å². The number of fused-ring (bicyclic) bond motifs is 2. The van der Waals surface area contributed by atoms with Gasteiger partial charge in [0.05, 0.1) is 11.0 Å². The van der Waals surface area contributed by atoms with Gasteiger partial charge in [0.15, 0.2) is 11.5 Å². The average Bonchev–Trinajstić information content (AvgIpc) is 2.91. The van der Waals surface area contributed by atoms with Crippen molar-refractivity contribution in [3.8, 4) is 11.5 Å². The molecule has 0 atom stereocenters. The monoisotopic (exact) mass is 415 g/mol. The van der Waals surface area contributed by atoms with Gasteiger partial charge in [0.1, 0.15) is 25.6 Å². The third kappa shape index (κ3) is 3.14. The topological polar surface area (TPSA) is 65.4 Å². The van der Waals surface area contributed by atoms with Gasteiger partial charge in [0.25, 0.3) is 0 Å². The lowest BCUT2D eigenvalue weighted by atomic mass is 10.2. The van der Waals surface area contributed by atoms with Crippen LogP contribution >= 0.6 is 15.9 Å². The Morgan fingerprint density at radius 3 is 2.65 bits per heavy atom. The molecule has 0 spiro atoms. The first-order valence-corrected chi connectivity index (χ1v) is 9.13. The van der Waals surface area contributed by atoms with E-state index in [4.69, 9.17) is 9.47 Å². The van der Waals surface area contributed by atoms with Crippen LogP contribution in [0.1, 0.15) is 11.4 Å². The fourth-order valence-corrected chi connectivity index (χ4v) is 3.29. The number of hydrogen-bond donors (Lipinski definition) is 1. The second kappa shape index (κ2) is 6.64. The van der Waals surface area contributed by atoms with E-state index in [0.29, 0.717) is 24.7 Å². The summed E-state index contributed by atoms with van der Waals surface area (Å²) >= 11 is 3.46. The van der Waals surface area contributed by atoms with Gasteiger partial charge in [-0.25, -0.2) is 4.98 Å². The van der Waals surface area contributed by atoms with Crippen LogP contribution in [0.2, 0.25) is 0 Å². The quantitative estimate of drug-likeness (QED) is 0.705. The molecule has 2 heterocycles. The third-order valence-electron chi connectivity index (χ3n) is 4.35. The molecule has 3 aromatic rings. The zero-order valence-electron chi connectivity index (χ0n) is 14.5. The molecule has 2 aromatic carbocycles. The predicted molar refractivity (Wildman–Crippen MR) is 103 cm³/mol. The zero-order chi connectivity index (χ0) is 18.3. The number of carbonyl (C=O) groups excluding carboxylic acids is 1. The number of carbonyl (C=O) groups is 1. The van der Waals surface area contributed by atoms with E-state index < -0.39 is 0 Å². The lowest BCUT2D eigenvalue weighted by Gasteiger charge is -2.18. The van der Waals surface area contributed by atoms with Crippen molar-refractivity contribution < 1.29 is 14.3 Å². The molecule has 26 heavy (non-hydrogen) atoms. The number of imidazole rings is 1. The molecule has 1 amide bonds. The minimum atomic E-state index is -0.107. The molecule has 0 bridgehead atoms. The van der Waals surface area contributed by atoms with Crippen molar-refractivity contribution in [3.63, 3.8) is 0 Å². The Labute approximate surface area is 159 Å². The number of benzene rings is 2. The van der Waals surface area contributed by atoms with E-state index in [2.05, 4.69) is 26.2 Å². The molecular weight excluding hydrogens is 398 g/mol. The summed E-state index contributed by atoms with van der Waals surface area (Å²) in [5, 5.41) is 2.94. The van der Waals surface area contributed by atoms with E-state index in [0.717, 1.165) is 32.6 Å². The van der Waals surface area contributed by atoms with Crippen LogP contribution in [0, 0.1) is 13.8 Å². The van der Waals surface area contributed by atoms with Crippen LogP contribution in [0.4, 0.5) is 5.69 Å². The summed E-state index contributed by atoms with van der Waals surface area (Å²) in [6.45, 7) is 5.11. The minimum absolute atomic E-state index is 0.107. The number of aryl methyl sites for hydroxylation is 2. The van der Waals surface area contributed by atoms with E-state index in [1.165, 1.54) is 0 Å². The smallest absolute Gasteiger partial charge is 0.244 e. The van der Waals surface area contributed by atoms with Crippen LogP contribution in [0.25, 0.3) is 11.0 Å². The molecule has 134 valence electrons. The number of halogens is 1. The molecule has 1 N–H and O–H groups in total. The number of nitrogens with one attached hydrogen (secondary N) is 1. The number of amides is 1. The predicted octanol–water partition coefficient (Wildman–Crippen LogP) is 3.83. The largest absolute Gasteiger partial charge is 0.486 e. The highest BCUT2D eigenvalue weighted by atomic mass is 79.9. The number of aromatic nitrogens is 2. The maximum Gasteiger partial charge on any atom is 0.244 e. The Kier molecular flexibility index (Phi) is 4.32. The summed E-state index contributed by atoms with van der Waals surface area (Å²) in [7, 11) is 0. The summed E-state index contributed by atoms with van der Waals surface area (Å²) in [5.74, 6) is 2.05. The molecule has 1 aliphatic rings. The molecule has 0 saturated heterocycles. The molecule has 0 aliphatic carbocycles. The van der Waals surface area contributed by atoms with Crippen LogP contribution in [-0.2, 0) is 11.3 Å². The fourth-order valence-electron chi connectivity index (χ4n) is 3.05. The van der Waals surface area contributed by atoms with Gasteiger partial charge in [-0.05, 0) is 37.6 Å². The van der Waals surface area contributed by atoms with Crippen molar-refractivity contribution in [2.75, 3.05) is 18.5 Å². The molecule has 0 radical (unpaired) electrons. The molecular formula is C19H18BrN3O3. The van der Waals surface area contributed by atoms with E-state index in [-0.39, 0.29) is 12.5 Å². The van der Waals surface area contributed by atoms with Crippen molar-refractivity contribution in [1.82, 2.24) is 9.55 Å². The Morgan fingerprint density at radius 1 is 1.19 bits per heavy atom. The fraction of sp³-hybridized carbons (Fsp3) is 0.263. The van der Waals surface area contributed by atoms with Gasteiger partial charge < -0.3 is 19.4 Å². The highest BCUT2D eigenvalue weighted by molar-refractivity contribution is 9.10. The maximum absolute atomic E-state index is 12.5. The Bertz CT molecular complexity index is 1010. The molecule has 4 rings (SSSR count). The highest BCUT2D eigenvalue weighted by Crippen LogP contribution is 2.34. The number of anilines is 1. The Balaban J connectivity index is 1.60. The van der Waals surface area contributed by atoms with E-state index in [1.54, 1.807) is 0 Å². The van der Waals surface area contributed by atoms with E-state index in [9.17, 15) is 4.79 Å². The summed E-state index contributed by atoms with van der Waals surface area (Å²) in [4.78, 5) is 17.1. The minimum Gasteiger partial charge on any atom is -0.486 e. The molecule has 0 fully saturated rings. The first kappa shape index (κ1) is 16.9. The first-order valence-electron chi connectivity index (χ1n) is 8.34. The van der Waals surface area contributed by atoms with Crippen molar-refractivity contribution >= 4 is 38.6 Å². The molecule has 1 aromatic heterocycles. The summed E-state index contributed by atoms with van der Waals surface area (Å²) in [6.07, 6.45) is 0. The number of hydrogen-bond acceptors (Lipinski definition) is 4. The van der Waals surface area contributed by atoms with Gasteiger partial charge in [-0.15, -0.1) is 0 Å². The lowest BCUT2D eigenvalue weighted by Crippen LogP contribution is -2.19. The molecule has 7 heteroatoms. The Hall–Kier alpha value is -2.54. The molecule has 6 nitrogen and oxygen atoms in total. The second-order valence-corrected chi connectivity index (χ2v) is 7.10. The number of nitrogens with zero attached hydrogens (tertiary/aromatic N) is 2. The lowest BCUT2D eigenvalue weighted by molar-refractivity contribution is -0.116. The van der Waals surface area contributed by atoms with Gasteiger partial charge >= 0.3 is 0 Å². The normalized spacial score (nSPS) is 13.0. The third-order valence-corrected chi connectivity index (χ3v) is 5.24. The molecule has 1 aliphatic heterocycles. The SMILES string of the molecule is Cc1cc(NC(=O)Cn2c(C)nc3cc4c(cc32)OCCO4)ccc1Br. The van der Waals surface area contributed by atoms with Crippen molar-refractivity contribution in [3.05, 3.63) is 46.2 Å². The zero-order valence-corrected chi connectivity index (χ0v) is 16.1. The first-order chi connectivity index (χ1) is 12.5. The maximum atomic E-state index is 12.5. The summed E-state index contributed by atoms with van der Waals surface area (Å²) in [6, 6.07) is 9.48. The van der Waals surface area contributed by atoms with Gasteiger partial charge in [0.2, 0.25) is 5.91 Å². The highest BCUT2D eigenvalue weighted by Gasteiger charge is 2.18. The van der Waals surface area contributed by atoms with Crippen LogP contribution in [0.5, 0.6) is 11.5 Å². The van der Waals surface area contributed by atoms with Gasteiger partial charge in [-0.3, -0.25) is 4.79 Å². The average molecular weight is 416 g/mol. The Morgan fingerprint density at radius 2 is 1.92 bits per heavy atom. The van der Waals surface area contributed by atoms with E-state index in [1.807, 2.05) is 48.7 Å². The number of ether oxygens (including phenoxy) is 2. The summed E-state index contributed by atoms with van der Waals surface area (Å²) in [5.41, 5.74) is 3.48. The van der Waals surface area contributed by atoms with Crippen LogP contribution in [0.15, 0.2) is 34.8 Å². The van der Waals surface area contributed by atoms with Gasteiger partial charge in [-0.2, -0.15) is 0 Å². The van der Waals surface area contributed by atoms with Crippen LogP contribution < -0.4 is 14.8 Å². The van der Waals surface area contributed by atoms with Crippen LogP contribution in [0.3, 0.4) is 0 Å². The summed E-state index contributed by atoms with van der Waals surface area (Å²) < 4.78 is 14.2.